The van der Waals surface area contributed by atoms with E-state index in [1.54, 1.807) is 18.3 Å². The molecule has 1 fully saturated rings. The molecule has 1 unspecified atom stereocenters. The van der Waals surface area contributed by atoms with Crippen LogP contribution in [0.4, 0.5) is 4.39 Å². The molecule has 5 nitrogen and oxygen atoms in total. The van der Waals surface area contributed by atoms with E-state index in [-0.39, 0.29) is 19.5 Å². The molecule has 6 heteroatoms. The van der Waals surface area contributed by atoms with E-state index < -0.39 is 11.6 Å². The summed E-state index contributed by atoms with van der Waals surface area (Å²) in [5.41, 5.74) is 1.02. The van der Waals surface area contributed by atoms with Crippen LogP contribution in [0.1, 0.15) is 23.2 Å². The van der Waals surface area contributed by atoms with Crippen LogP contribution in [-0.4, -0.2) is 34.5 Å². The number of ether oxygens (including phenoxy) is 1. The fraction of sp³-hybridized carbons (Fsp3) is 0.280. The van der Waals surface area contributed by atoms with Crippen LogP contribution in [0.25, 0.3) is 0 Å². The minimum absolute atomic E-state index is 0.0735. The average molecular weight is 420 g/mol. The lowest BCUT2D eigenvalue weighted by Crippen LogP contribution is -2.45. The Morgan fingerprint density at radius 1 is 1.13 bits per heavy atom. The Labute approximate surface area is 181 Å². The van der Waals surface area contributed by atoms with Crippen molar-refractivity contribution in [3.05, 3.63) is 89.7 Å². The van der Waals surface area contributed by atoms with Crippen LogP contribution in [0, 0.1) is 6.92 Å². The molecule has 3 aromatic rings. The zero-order chi connectivity index (χ0) is 21.7. The van der Waals surface area contributed by atoms with Crippen molar-refractivity contribution in [2.24, 2.45) is 0 Å². The highest BCUT2D eigenvalue weighted by atomic mass is 19.1. The van der Waals surface area contributed by atoms with Crippen molar-refractivity contribution in [3.63, 3.8) is 0 Å². The number of aryl methyl sites for hydroxylation is 1. The van der Waals surface area contributed by atoms with Crippen LogP contribution in [0.5, 0.6) is 11.5 Å². The van der Waals surface area contributed by atoms with Crippen LogP contribution >= 0.6 is 0 Å². The Morgan fingerprint density at radius 2 is 1.97 bits per heavy atom. The lowest BCUT2D eigenvalue weighted by atomic mass is 10.0. The van der Waals surface area contributed by atoms with E-state index >= 15 is 4.39 Å². The van der Waals surface area contributed by atoms with Gasteiger partial charge in [0.2, 0.25) is 5.67 Å². The molecular formula is C25H26FN3O2. The highest BCUT2D eigenvalue weighted by Crippen LogP contribution is 2.29. The number of likely N-dealkylation sites (tertiary alicyclic amines) is 1. The molecule has 4 rings (SSSR count). The van der Waals surface area contributed by atoms with Gasteiger partial charge in [-0.2, -0.15) is 0 Å². The maximum Gasteiger partial charge on any atom is 0.259 e. The Balaban J connectivity index is 1.33. The van der Waals surface area contributed by atoms with Crippen molar-refractivity contribution in [3.8, 4) is 11.5 Å². The third-order valence-corrected chi connectivity index (χ3v) is 5.42. The Morgan fingerprint density at radius 3 is 2.74 bits per heavy atom. The first kappa shape index (κ1) is 21.0. The molecule has 1 aliphatic rings. The largest absolute Gasteiger partial charge is 0.457 e. The van der Waals surface area contributed by atoms with Gasteiger partial charge < -0.3 is 10.1 Å². The standard InChI is InChI=1S/C25H26FN3O2/c1-19-8-10-22(11-9-19)31-23-7-4-5-20(15-23)17-29-14-12-25(26,18-29)24(30)28-16-21-6-2-3-13-27-21/h2-11,13,15H,12,14,16-18H2,1H3,(H,28,30). The summed E-state index contributed by atoms with van der Waals surface area (Å²) in [5.74, 6) is 0.938. The van der Waals surface area contributed by atoms with Crippen LogP contribution in [-0.2, 0) is 17.9 Å². The van der Waals surface area contributed by atoms with E-state index in [4.69, 9.17) is 4.74 Å². The van der Waals surface area contributed by atoms with Crippen LogP contribution in [0.3, 0.4) is 0 Å². The van der Waals surface area contributed by atoms with Gasteiger partial charge in [-0.1, -0.05) is 35.9 Å². The molecule has 0 aliphatic carbocycles. The van der Waals surface area contributed by atoms with Gasteiger partial charge in [0, 0.05) is 32.3 Å². The Hall–Kier alpha value is -3.25. The van der Waals surface area contributed by atoms with E-state index in [1.165, 1.54) is 5.56 Å². The number of carbonyl (C=O) groups excluding carboxylic acids is 1. The molecule has 1 atom stereocenters. The van der Waals surface area contributed by atoms with E-state index in [2.05, 4.69) is 10.3 Å². The van der Waals surface area contributed by atoms with E-state index in [0.29, 0.717) is 18.8 Å². The van der Waals surface area contributed by atoms with Gasteiger partial charge in [-0.15, -0.1) is 0 Å². The third-order valence-electron chi connectivity index (χ3n) is 5.42. The second-order valence-electron chi connectivity index (χ2n) is 7.99. The summed E-state index contributed by atoms with van der Waals surface area (Å²) in [5, 5.41) is 2.68. The molecular weight excluding hydrogens is 393 g/mol. The van der Waals surface area contributed by atoms with E-state index in [0.717, 1.165) is 17.1 Å². The van der Waals surface area contributed by atoms with Crippen molar-refractivity contribution in [1.29, 1.82) is 0 Å². The molecule has 2 aromatic carbocycles. The van der Waals surface area contributed by atoms with Gasteiger partial charge in [0.25, 0.3) is 5.91 Å². The Kier molecular flexibility index (Phi) is 6.28. The predicted octanol–water partition coefficient (Wildman–Crippen LogP) is 4.41. The van der Waals surface area contributed by atoms with E-state index in [9.17, 15) is 4.79 Å². The minimum Gasteiger partial charge on any atom is -0.457 e. The van der Waals surface area contributed by atoms with Gasteiger partial charge in [0.1, 0.15) is 11.5 Å². The molecule has 160 valence electrons. The normalized spacial score (nSPS) is 18.6. The molecule has 1 aliphatic heterocycles. The number of halogens is 1. The molecule has 1 amide bonds. The number of benzene rings is 2. The fourth-order valence-electron chi connectivity index (χ4n) is 3.71. The van der Waals surface area contributed by atoms with Crippen LogP contribution in [0.15, 0.2) is 72.9 Å². The number of alkyl halides is 1. The molecule has 0 spiro atoms. The summed E-state index contributed by atoms with van der Waals surface area (Å²) < 4.78 is 21.2. The summed E-state index contributed by atoms with van der Waals surface area (Å²) in [6, 6.07) is 21.1. The zero-order valence-corrected chi connectivity index (χ0v) is 17.6. The molecule has 0 bridgehead atoms. The number of hydrogen-bond acceptors (Lipinski definition) is 4. The number of hydrogen-bond donors (Lipinski definition) is 1. The summed E-state index contributed by atoms with van der Waals surface area (Å²) in [6.07, 6.45) is 1.83. The average Bonchev–Trinajstić information content (AvgIpc) is 3.16. The highest BCUT2D eigenvalue weighted by Gasteiger charge is 2.44. The lowest BCUT2D eigenvalue weighted by Gasteiger charge is -2.20. The molecule has 1 aromatic heterocycles. The maximum absolute atomic E-state index is 15.3. The highest BCUT2D eigenvalue weighted by molar-refractivity contribution is 5.85. The lowest BCUT2D eigenvalue weighted by molar-refractivity contribution is -0.132. The molecule has 0 saturated carbocycles. The number of carbonyl (C=O) groups is 1. The molecule has 1 saturated heterocycles. The first-order valence-corrected chi connectivity index (χ1v) is 10.4. The van der Waals surface area contributed by atoms with Crippen LogP contribution in [0.2, 0.25) is 0 Å². The van der Waals surface area contributed by atoms with Gasteiger partial charge in [-0.3, -0.25) is 14.7 Å². The molecule has 0 radical (unpaired) electrons. The van der Waals surface area contributed by atoms with Gasteiger partial charge >= 0.3 is 0 Å². The summed E-state index contributed by atoms with van der Waals surface area (Å²) in [7, 11) is 0. The van der Waals surface area contributed by atoms with Crippen molar-refractivity contribution in [2.75, 3.05) is 13.1 Å². The van der Waals surface area contributed by atoms with Gasteiger partial charge in [0.05, 0.1) is 12.2 Å². The topological polar surface area (TPSA) is 54.5 Å². The van der Waals surface area contributed by atoms with Gasteiger partial charge in [0.15, 0.2) is 0 Å². The predicted molar refractivity (Wildman–Crippen MR) is 118 cm³/mol. The fourth-order valence-corrected chi connectivity index (χ4v) is 3.71. The number of nitrogens with one attached hydrogen (secondary N) is 1. The van der Waals surface area contributed by atoms with Gasteiger partial charge in [-0.25, -0.2) is 4.39 Å². The van der Waals surface area contributed by atoms with Gasteiger partial charge in [-0.05, 0) is 48.9 Å². The number of nitrogens with zero attached hydrogens (tertiary/aromatic N) is 2. The molecule has 31 heavy (non-hydrogen) atoms. The maximum atomic E-state index is 15.3. The smallest absolute Gasteiger partial charge is 0.259 e. The van der Waals surface area contributed by atoms with Crippen molar-refractivity contribution in [1.82, 2.24) is 15.2 Å². The summed E-state index contributed by atoms with van der Waals surface area (Å²) >= 11 is 0. The summed E-state index contributed by atoms with van der Waals surface area (Å²) in [6.45, 7) is 3.42. The SMILES string of the molecule is Cc1ccc(Oc2cccc(CN3CCC(F)(C(=O)NCc4ccccn4)C3)c2)cc1. The summed E-state index contributed by atoms with van der Waals surface area (Å²) in [4.78, 5) is 18.6. The van der Waals surface area contributed by atoms with Crippen LogP contribution < -0.4 is 10.1 Å². The zero-order valence-electron chi connectivity index (χ0n) is 17.6. The number of aromatic nitrogens is 1. The monoisotopic (exact) mass is 419 g/mol. The third kappa shape index (κ3) is 5.47. The number of rotatable bonds is 7. The molecule has 1 N–H and O–H groups in total. The van der Waals surface area contributed by atoms with E-state index in [1.807, 2.05) is 66.4 Å². The molecule has 2 heterocycles. The quantitative estimate of drug-likeness (QED) is 0.616. The van der Waals surface area contributed by atoms with Crippen molar-refractivity contribution >= 4 is 5.91 Å². The first-order chi connectivity index (χ1) is 15.0. The minimum atomic E-state index is -1.88. The second kappa shape index (κ2) is 9.27. The number of amides is 1. The van der Waals surface area contributed by atoms with Crippen molar-refractivity contribution in [2.45, 2.75) is 32.1 Å². The first-order valence-electron chi connectivity index (χ1n) is 10.4. The Bertz CT molecular complexity index is 1030. The second-order valence-corrected chi connectivity index (χ2v) is 7.99. The van der Waals surface area contributed by atoms with Crippen molar-refractivity contribution < 1.29 is 13.9 Å². The number of pyridine rings is 1.